The summed E-state index contributed by atoms with van der Waals surface area (Å²) in [6.07, 6.45) is 0.483. The van der Waals surface area contributed by atoms with E-state index < -0.39 is 5.97 Å². The first-order valence-electron chi connectivity index (χ1n) is 10.0. The van der Waals surface area contributed by atoms with E-state index in [0.29, 0.717) is 79.0 Å². The molecule has 0 aromatic carbocycles. The summed E-state index contributed by atoms with van der Waals surface area (Å²) in [5.74, 6) is -1.57. The molecule has 2 N–H and O–H groups in total. The minimum absolute atomic E-state index is 0.00827. The van der Waals surface area contributed by atoms with Crippen LogP contribution in [0.5, 0.6) is 0 Å². The van der Waals surface area contributed by atoms with Crippen molar-refractivity contribution in [2.75, 3.05) is 79.2 Å². The molecule has 1 amide bonds. The molecule has 0 radical (unpaired) electrons. The lowest BCUT2D eigenvalue weighted by molar-refractivity contribution is -0.142. The zero-order valence-electron chi connectivity index (χ0n) is 17.7. The number of carboxylic acid groups (broad SMARTS) is 1. The molecule has 0 spiro atoms. The largest absolute Gasteiger partial charge is 0.481 e. The van der Waals surface area contributed by atoms with Gasteiger partial charge in [-0.05, 0) is 6.42 Å². The highest BCUT2D eigenvalue weighted by Gasteiger charge is 2.04. The first-order chi connectivity index (χ1) is 14.5. The van der Waals surface area contributed by atoms with Gasteiger partial charge >= 0.3 is 11.9 Å². The Morgan fingerprint density at radius 3 is 1.53 bits per heavy atom. The fourth-order valence-electron chi connectivity index (χ4n) is 1.94. The SMILES string of the molecule is CC(=O)OCCOCCOCCOCCOCCOCCCNC(=O)CCC(=O)O. The van der Waals surface area contributed by atoms with Crippen molar-refractivity contribution in [3.8, 4) is 0 Å². The zero-order chi connectivity index (χ0) is 22.3. The third-order valence-corrected chi connectivity index (χ3v) is 3.37. The molecule has 11 heteroatoms. The zero-order valence-corrected chi connectivity index (χ0v) is 17.7. The van der Waals surface area contributed by atoms with E-state index >= 15 is 0 Å². The van der Waals surface area contributed by atoms with E-state index in [-0.39, 0.29) is 31.3 Å². The number of esters is 1. The molecule has 0 aliphatic carbocycles. The maximum atomic E-state index is 11.3. The summed E-state index contributed by atoms with van der Waals surface area (Å²) in [5.41, 5.74) is 0. The Hall–Kier alpha value is -1.79. The maximum absolute atomic E-state index is 11.3. The van der Waals surface area contributed by atoms with Crippen molar-refractivity contribution in [2.45, 2.75) is 26.2 Å². The van der Waals surface area contributed by atoms with E-state index in [1.807, 2.05) is 0 Å². The third kappa shape index (κ3) is 24.2. The van der Waals surface area contributed by atoms with E-state index in [0.717, 1.165) is 0 Å². The monoisotopic (exact) mass is 437 g/mol. The number of ether oxygens (including phenoxy) is 6. The molecular formula is C19H35NO10. The molecule has 0 rings (SSSR count). The molecular weight excluding hydrogens is 402 g/mol. The molecule has 0 aromatic heterocycles. The van der Waals surface area contributed by atoms with Gasteiger partial charge in [0.15, 0.2) is 0 Å². The van der Waals surface area contributed by atoms with Gasteiger partial charge in [-0.3, -0.25) is 14.4 Å². The topological polar surface area (TPSA) is 139 Å². The molecule has 0 saturated heterocycles. The maximum Gasteiger partial charge on any atom is 0.303 e. The van der Waals surface area contributed by atoms with Gasteiger partial charge in [0, 0.05) is 26.5 Å². The molecule has 30 heavy (non-hydrogen) atoms. The fraction of sp³-hybridized carbons (Fsp3) is 0.842. The number of carbonyl (C=O) groups excluding carboxylic acids is 2. The van der Waals surface area contributed by atoms with Gasteiger partial charge in [0.2, 0.25) is 5.91 Å². The van der Waals surface area contributed by atoms with Crippen LogP contribution in [0.3, 0.4) is 0 Å². The van der Waals surface area contributed by atoms with E-state index in [1.165, 1.54) is 6.92 Å². The van der Waals surface area contributed by atoms with Crippen molar-refractivity contribution in [3.05, 3.63) is 0 Å². The van der Waals surface area contributed by atoms with Crippen LogP contribution in [0.2, 0.25) is 0 Å². The lowest BCUT2D eigenvalue weighted by Crippen LogP contribution is -2.25. The van der Waals surface area contributed by atoms with Crippen LogP contribution >= 0.6 is 0 Å². The van der Waals surface area contributed by atoms with Crippen molar-refractivity contribution >= 4 is 17.8 Å². The smallest absolute Gasteiger partial charge is 0.303 e. The number of carbonyl (C=O) groups is 3. The number of carboxylic acids is 1. The summed E-state index contributed by atoms with van der Waals surface area (Å²) in [7, 11) is 0. The molecule has 0 bridgehead atoms. The van der Waals surface area contributed by atoms with Crippen molar-refractivity contribution in [1.82, 2.24) is 5.32 Å². The number of hydrogen-bond acceptors (Lipinski definition) is 9. The van der Waals surface area contributed by atoms with Gasteiger partial charge in [0.25, 0.3) is 0 Å². The predicted molar refractivity (Wildman–Crippen MR) is 105 cm³/mol. The van der Waals surface area contributed by atoms with Gasteiger partial charge in [-0.15, -0.1) is 0 Å². The molecule has 176 valence electrons. The highest BCUT2D eigenvalue weighted by molar-refractivity contribution is 5.80. The van der Waals surface area contributed by atoms with Crippen LogP contribution in [-0.4, -0.2) is 102 Å². The summed E-state index contributed by atoms with van der Waals surface area (Å²) in [4.78, 5) is 32.1. The van der Waals surface area contributed by atoms with Crippen molar-refractivity contribution < 1.29 is 47.9 Å². The minimum atomic E-state index is -0.983. The van der Waals surface area contributed by atoms with Crippen LogP contribution in [0.1, 0.15) is 26.2 Å². The lowest BCUT2D eigenvalue weighted by Gasteiger charge is -2.08. The molecule has 0 aliphatic heterocycles. The molecule has 0 heterocycles. The summed E-state index contributed by atoms with van der Waals surface area (Å²) in [5, 5.41) is 11.1. The number of nitrogens with one attached hydrogen (secondary N) is 1. The van der Waals surface area contributed by atoms with E-state index in [4.69, 9.17) is 33.5 Å². The van der Waals surface area contributed by atoms with Gasteiger partial charge in [0.1, 0.15) is 6.61 Å². The molecule has 0 unspecified atom stereocenters. The number of amides is 1. The van der Waals surface area contributed by atoms with Crippen LogP contribution in [0.25, 0.3) is 0 Å². The Bertz CT molecular complexity index is 447. The molecule has 0 aromatic rings. The van der Waals surface area contributed by atoms with Crippen LogP contribution in [-0.2, 0) is 42.8 Å². The molecule has 0 aliphatic rings. The van der Waals surface area contributed by atoms with E-state index in [9.17, 15) is 14.4 Å². The normalized spacial score (nSPS) is 10.7. The van der Waals surface area contributed by atoms with E-state index in [1.54, 1.807) is 0 Å². The van der Waals surface area contributed by atoms with Crippen LogP contribution < -0.4 is 5.32 Å². The van der Waals surface area contributed by atoms with Gasteiger partial charge in [-0.2, -0.15) is 0 Å². The second kappa shape index (κ2) is 21.9. The Morgan fingerprint density at radius 1 is 0.667 bits per heavy atom. The quantitative estimate of drug-likeness (QED) is 0.176. The first kappa shape index (κ1) is 28.2. The fourth-order valence-corrected chi connectivity index (χ4v) is 1.94. The molecule has 11 nitrogen and oxygen atoms in total. The van der Waals surface area contributed by atoms with Gasteiger partial charge < -0.3 is 38.8 Å². The average Bonchev–Trinajstić information content (AvgIpc) is 2.70. The molecule has 0 saturated carbocycles. The number of hydrogen-bond donors (Lipinski definition) is 2. The average molecular weight is 437 g/mol. The Labute approximate surface area is 177 Å². The summed E-state index contributed by atoms with van der Waals surface area (Å²) < 4.78 is 31.3. The van der Waals surface area contributed by atoms with Gasteiger partial charge in [0.05, 0.1) is 65.9 Å². The van der Waals surface area contributed by atoms with Crippen molar-refractivity contribution in [1.29, 1.82) is 0 Å². The summed E-state index contributed by atoms with van der Waals surface area (Å²) in [6, 6.07) is 0. The van der Waals surface area contributed by atoms with Crippen LogP contribution in [0.15, 0.2) is 0 Å². The summed E-state index contributed by atoms with van der Waals surface area (Å²) >= 11 is 0. The van der Waals surface area contributed by atoms with Crippen molar-refractivity contribution in [3.63, 3.8) is 0 Å². The second-order valence-corrected chi connectivity index (χ2v) is 6.00. The lowest BCUT2D eigenvalue weighted by atomic mass is 10.3. The Kier molecular flexibility index (Phi) is 20.6. The van der Waals surface area contributed by atoms with Crippen LogP contribution in [0, 0.1) is 0 Å². The Balaban J connectivity index is 3.10. The van der Waals surface area contributed by atoms with Gasteiger partial charge in [-0.1, -0.05) is 0 Å². The highest BCUT2D eigenvalue weighted by atomic mass is 16.6. The summed E-state index contributed by atoms with van der Waals surface area (Å²) in [6.45, 7) is 6.53. The van der Waals surface area contributed by atoms with Gasteiger partial charge in [-0.25, -0.2) is 0 Å². The molecule has 0 fully saturated rings. The standard InChI is InChI=1S/C19H35NO10/c1-17(21)30-16-15-29-14-13-28-12-11-27-10-9-26-8-7-25-6-2-5-20-18(22)3-4-19(23)24/h2-16H2,1H3,(H,20,22)(H,23,24). The molecule has 0 atom stereocenters. The number of rotatable bonds is 22. The highest BCUT2D eigenvalue weighted by Crippen LogP contribution is 1.90. The van der Waals surface area contributed by atoms with Crippen LogP contribution in [0.4, 0.5) is 0 Å². The second-order valence-electron chi connectivity index (χ2n) is 6.00. The predicted octanol–water partition coefficient (Wildman–Crippen LogP) is 0.00360. The Morgan fingerprint density at radius 2 is 1.10 bits per heavy atom. The minimum Gasteiger partial charge on any atom is -0.481 e. The van der Waals surface area contributed by atoms with E-state index in [2.05, 4.69) is 5.32 Å². The number of aliphatic carboxylic acids is 1. The third-order valence-electron chi connectivity index (χ3n) is 3.37. The first-order valence-corrected chi connectivity index (χ1v) is 10.0. The van der Waals surface area contributed by atoms with Crippen molar-refractivity contribution in [2.24, 2.45) is 0 Å².